The molecule has 1 amide bonds. The van der Waals surface area contributed by atoms with Crippen molar-refractivity contribution < 1.29 is 33.7 Å². The minimum Gasteiger partial charge on any atom is -0.507 e. The van der Waals surface area contributed by atoms with Crippen molar-refractivity contribution >= 4 is 34.0 Å². The normalized spacial score (nSPS) is 10.8. The summed E-state index contributed by atoms with van der Waals surface area (Å²) in [6.07, 6.45) is 0. The Morgan fingerprint density at radius 3 is 2.03 bits per heavy atom. The van der Waals surface area contributed by atoms with Crippen LogP contribution >= 0.6 is 0 Å². The molecule has 0 aromatic heterocycles. The summed E-state index contributed by atoms with van der Waals surface area (Å²) in [5, 5.41) is 19.4. The molecule has 37 heavy (non-hydrogen) atoms. The van der Waals surface area contributed by atoms with Crippen LogP contribution in [0.4, 0.5) is 11.4 Å². The van der Waals surface area contributed by atoms with Gasteiger partial charge in [-0.3, -0.25) is 4.79 Å². The van der Waals surface area contributed by atoms with Crippen molar-refractivity contribution in [3.05, 3.63) is 83.9 Å². The molecule has 0 bridgehead atoms. The average Bonchev–Trinajstić information content (AvgIpc) is 2.93. The highest BCUT2D eigenvalue weighted by Gasteiger charge is 2.18. The van der Waals surface area contributed by atoms with Gasteiger partial charge in [0.15, 0.2) is 11.5 Å². The largest absolute Gasteiger partial charge is 0.507 e. The van der Waals surface area contributed by atoms with Crippen molar-refractivity contribution in [2.75, 3.05) is 26.8 Å². The van der Waals surface area contributed by atoms with Gasteiger partial charge in [0.1, 0.15) is 5.75 Å². The monoisotopic (exact) mass is 501 g/mol. The van der Waals surface area contributed by atoms with E-state index in [1.54, 1.807) is 30.3 Å². The van der Waals surface area contributed by atoms with Gasteiger partial charge in [0.2, 0.25) is 5.75 Å². The summed E-state index contributed by atoms with van der Waals surface area (Å²) >= 11 is 0. The highest BCUT2D eigenvalue weighted by Crippen LogP contribution is 2.38. The number of fused-ring (bicyclic) bond motifs is 1. The van der Waals surface area contributed by atoms with E-state index < -0.39 is 11.9 Å². The molecule has 0 spiro atoms. The summed E-state index contributed by atoms with van der Waals surface area (Å²) in [6, 6.07) is 19.7. The molecule has 4 aromatic rings. The molecule has 0 aliphatic rings. The number of hydrogen-bond donors (Lipinski definition) is 2. The van der Waals surface area contributed by atoms with Crippen LogP contribution in [-0.4, -0.2) is 38.3 Å². The topological polar surface area (TPSA) is 128 Å². The molecule has 0 aliphatic carbocycles. The molecule has 0 saturated carbocycles. The zero-order valence-corrected chi connectivity index (χ0v) is 20.2. The fourth-order valence-corrected chi connectivity index (χ4v) is 3.52. The number of carbonyl (C=O) groups excluding carboxylic acids is 2. The van der Waals surface area contributed by atoms with Gasteiger partial charge in [0.25, 0.3) is 5.91 Å². The Morgan fingerprint density at radius 2 is 1.43 bits per heavy atom. The summed E-state index contributed by atoms with van der Waals surface area (Å²) in [5.74, 6) is -0.539. The van der Waals surface area contributed by atoms with Crippen LogP contribution in [-0.2, 0) is 4.84 Å². The smallest absolute Gasteiger partial charge is 0.363 e. The minimum atomic E-state index is -0.677. The molecule has 10 nitrogen and oxygen atoms in total. The van der Waals surface area contributed by atoms with E-state index in [-0.39, 0.29) is 16.9 Å². The van der Waals surface area contributed by atoms with E-state index in [0.29, 0.717) is 28.6 Å². The number of hydrogen-bond acceptors (Lipinski definition) is 9. The molecule has 10 heteroatoms. The molecule has 188 valence electrons. The Bertz CT molecular complexity index is 1460. The van der Waals surface area contributed by atoms with Gasteiger partial charge in [0, 0.05) is 0 Å². The lowest BCUT2D eigenvalue weighted by atomic mass is 10.1. The van der Waals surface area contributed by atoms with E-state index in [4.69, 9.17) is 19.0 Å². The molecule has 0 aliphatic heterocycles. The van der Waals surface area contributed by atoms with E-state index in [9.17, 15) is 14.7 Å². The zero-order valence-electron chi connectivity index (χ0n) is 20.2. The number of benzene rings is 4. The average molecular weight is 501 g/mol. The molecule has 2 N–H and O–H groups in total. The van der Waals surface area contributed by atoms with Gasteiger partial charge in [-0.25, -0.2) is 10.3 Å². The third-order valence-corrected chi connectivity index (χ3v) is 5.38. The number of amides is 1. The fourth-order valence-electron chi connectivity index (χ4n) is 3.52. The van der Waals surface area contributed by atoms with Gasteiger partial charge in [-0.2, -0.15) is 0 Å². The predicted molar refractivity (Wildman–Crippen MR) is 136 cm³/mol. The predicted octanol–water partition coefficient (Wildman–Crippen LogP) is 5.68. The molecule has 4 aromatic carbocycles. The molecule has 0 saturated heterocycles. The number of ether oxygens (including phenoxy) is 3. The Kier molecular flexibility index (Phi) is 7.48. The molecule has 0 fully saturated rings. The van der Waals surface area contributed by atoms with Crippen LogP contribution in [0, 0.1) is 0 Å². The Hall–Kier alpha value is -5.12. The van der Waals surface area contributed by atoms with E-state index in [0.717, 1.165) is 10.8 Å². The summed E-state index contributed by atoms with van der Waals surface area (Å²) in [6.45, 7) is 0. The summed E-state index contributed by atoms with van der Waals surface area (Å²) in [5.41, 5.74) is 3.63. The van der Waals surface area contributed by atoms with Crippen molar-refractivity contribution in [2.45, 2.75) is 0 Å². The van der Waals surface area contributed by atoms with Crippen LogP contribution in [0.25, 0.3) is 10.8 Å². The lowest BCUT2D eigenvalue weighted by molar-refractivity contribution is 0.0595. The van der Waals surface area contributed by atoms with Crippen molar-refractivity contribution in [1.29, 1.82) is 0 Å². The maximum atomic E-state index is 12.5. The molecule has 4 rings (SSSR count). The first-order chi connectivity index (χ1) is 17.9. The van der Waals surface area contributed by atoms with Crippen molar-refractivity contribution in [3.8, 4) is 23.0 Å². The van der Waals surface area contributed by atoms with Gasteiger partial charge >= 0.3 is 5.97 Å². The zero-order chi connectivity index (χ0) is 26.4. The highest BCUT2D eigenvalue weighted by atomic mass is 16.7. The molecule has 0 atom stereocenters. The van der Waals surface area contributed by atoms with Gasteiger partial charge < -0.3 is 24.2 Å². The first-order valence-electron chi connectivity index (χ1n) is 11.0. The number of phenolic OH excluding ortho intramolecular Hbond substituents is 1. The second-order valence-corrected chi connectivity index (χ2v) is 7.67. The first-order valence-corrected chi connectivity index (χ1v) is 11.0. The van der Waals surface area contributed by atoms with Crippen LogP contribution in [0.3, 0.4) is 0 Å². The molecule has 0 heterocycles. The SMILES string of the molecule is COc1cc(C(=O)ONc2ccc(N=NC(=O)c3cc4ccccc4cc3O)cc2)cc(OC)c1OC. The maximum absolute atomic E-state index is 12.5. The van der Waals surface area contributed by atoms with E-state index >= 15 is 0 Å². The molecular formula is C27H23N3O7. The Labute approximate surface area is 212 Å². The van der Waals surface area contributed by atoms with Crippen molar-refractivity contribution in [2.24, 2.45) is 10.2 Å². The van der Waals surface area contributed by atoms with Gasteiger partial charge in [-0.1, -0.05) is 24.3 Å². The quantitative estimate of drug-likeness (QED) is 0.233. The van der Waals surface area contributed by atoms with E-state index in [1.807, 2.05) is 24.3 Å². The number of anilines is 1. The van der Waals surface area contributed by atoms with Crippen LogP contribution in [0.5, 0.6) is 23.0 Å². The number of nitrogens with one attached hydrogen (secondary N) is 1. The van der Waals surface area contributed by atoms with Crippen LogP contribution in [0.15, 0.2) is 83.0 Å². The van der Waals surface area contributed by atoms with E-state index in [2.05, 4.69) is 15.7 Å². The van der Waals surface area contributed by atoms with Crippen molar-refractivity contribution in [3.63, 3.8) is 0 Å². The third-order valence-electron chi connectivity index (χ3n) is 5.38. The van der Waals surface area contributed by atoms with Gasteiger partial charge in [0.05, 0.1) is 43.8 Å². The fraction of sp³-hybridized carbons (Fsp3) is 0.111. The molecule has 0 radical (unpaired) electrons. The number of carbonyl (C=O) groups is 2. The Balaban J connectivity index is 1.40. The highest BCUT2D eigenvalue weighted by molar-refractivity contribution is 6.01. The standard InChI is InChI=1S/C27H23N3O7/c1-34-23-14-18(15-24(35-2)25(23)36-3)27(33)37-30-20-10-8-19(9-11-20)28-29-26(32)21-12-16-6-4-5-7-17(16)13-22(21)31/h4-15,30-31H,1-3H3. The number of methoxy groups -OCH3 is 3. The third kappa shape index (κ3) is 5.59. The maximum Gasteiger partial charge on any atom is 0.363 e. The Morgan fingerprint density at radius 1 is 0.811 bits per heavy atom. The number of aromatic hydroxyl groups is 1. The van der Waals surface area contributed by atoms with Crippen LogP contribution in [0.1, 0.15) is 20.7 Å². The van der Waals surface area contributed by atoms with Crippen molar-refractivity contribution in [1.82, 2.24) is 0 Å². The lowest BCUT2D eigenvalue weighted by Gasteiger charge is -2.14. The number of rotatable bonds is 8. The van der Waals surface area contributed by atoms with E-state index in [1.165, 1.54) is 39.5 Å². The first kappa shape index (κ1) is 25.0. The summed E-state index contributed by atoms with van der Waals surface area (Å²) in [4.78, 5) is 30.1. The van der Waals surface area contributed by atoms with Crippen LogP contribution in [0.2, 0.25) is 0 Å². The lowest BCUT2D eigenvalue weighted by Crippen LogP contribution is -2.11. The molecule has 0 unspecified atom stereocenters. The number of phenols is 1. The second-order valence-electron chi connectivity index (χ2n) is 7.67. The number of nitrogens with zero attached hydrogens (tertiary/aromatic N) is 2. The number of azo groups is 1. The summed E-state index contributed by atoms with van der Waals surface area (Å²) < 4.78 is 15.7. The molecular weight excluding hydrogens is 478 g/mol. The van der Waals surface area contributed by atoms with Gasteiger partial charge in [-0.05, 0) is 59.3 Å². The second kappa shape index (κ2) is 11.1. The summed E-state index contributed by atoms with van der Waals surface area (Å²) in [7, 11) is 4.36. The van der Waals surface area contributed by atoms with Crippen LogP contribution < -0.4 is 19.7 Å². The van der Waals surface area contributed by atoms with Gasteiger partial charge in [-0.15, -0.1) is 10.2 Å². The minimum absolute atomic E-state index is 0.0550.